The summed E-state index contributed by atoms with van der Waals surface area (Å²) in [4.78, 5) is 32.8. The van der Waals surface area contributed by atoms with Gasteiger partial charge in [0.2, 0.25) is 0 Å². The Kier molecular flexibility index (Phi) is 5.01. The zero-order valence-electron chi connectivity index (χ0n) is 17.1. The number of rotatable bonds is 3. The lowest BCUT2D eigenvalue weighted by Crippen LogP contribution is -2.53. The first kappa shape index (κ1) is 20.5. The minimum Gasteiger partial charge on any atom is -0.380 e. The van der Waals surface area contributed by atoms with E-state index in [1.807, 2.05) is 4.57 Å². The highest BCUT2D eigenvalue weighted by Crippen LogP contribution is 2.37. The molecule has 2 fully saturated rings. The van der Waals surface area contributed by atoms with E-state index in [0.29, 0.717) is 55.4 Å². The number of carbonyl (C=O) groups is 2. The van der Waals surface area contributed by atoms with Gasteiger partial charge in [-0.05, 0) is 37.8 Å². The molecule has 1 N–H and O–H groups in total. The second-order valence-corrected chi connectivity index (χ2v) is 8.94. The molecule has 0 unspecified atom stereocenters. The molecule has 7 nitrogen and oxygen atoms in total. The summed E-state index contributed by atoms with van der Waals surface area (Å²) in [6, 6.07) is 4.47. The number of hydrogen-bond acceptors (Lipinski definition) is 4. The number of fused-ring (bicyclic) bond motifs is 1. The molecule has 3 aliphatic rings. The number of benzene rings is 1. The van der Waals surface area contributed by atoms with Crippen LogP contribution in [-0.2, 0) is 17.8 Å². The zero-order valence-corrected chi connectivity index (χ0v) is 17.9. The molecule has 1 saturated heterocycles. The van der Waals surface area contributed by atoms with Crippen molar-refractivity contribution in [3.63, 3.8) is 0 Å². The van der Waals surface area contributed by atoms with Crippen LogP contribution >= 0.6 is 11.6 Å². The molecule has 3 heterocycles. The molecular weight excluding hydrogens is 423 g/mol. The molecule has 0 radical (unpaired) electrons. The van der Waals surface area contributed by atoms with Crippen molar-refractivity contribution >= 4 is 23.4 Å². The third-order valence-electron chi connectivity index (χ3n) is 6.47. The highest BCUT2D eigenvalue weighted by molar-refractivity contribution is 6.32. The average molecular weight is 447 g/mol. The predicted octanol–water partition coefficient (Wildman–Crippen LogP) is 2.49. The van der Waals surface area contributed by atoms with E-state index in [-0.39, 0.29) is 11.5 Å². The topological polar surface area (TPSA) is 78.7 Å². The molecule has 2 aromatic rings. The molecule has 164 valence electrons. The fourth-order valence-electron chi connectivity index (χ4n) is 4.38. The maximum absolute atomic E-state index is 14.9. The number of hydrogen-bond donors (Lipinski definition) is 1. The first-order valence-electron chi connectivity index (χ1n) is 10.7. The maximum atomic E-state index is 14.9. The Morgan fingerprint density at radius 2 is 1.77 bits per heavy atom. The van der Waals surface area contributed by atoms with Crippen LogP contribution in [0.3, 0.4) is 0 Å². The largest absolute Gasteiger partial charge is 0.380 e. The summed E-state index contributed by atoms with van der Waals surface area (Å²) in [7, 11) is 0. The van der Waals surface area contributed by atoms with Gasteiger partial charge in [0.1, 0.15) is 28.1 Å². The van der Waals surface area contributed by atoms with Crippen molar-refractivity contribution in [2.45, 2.75) is 44.2 Å². The van der Waals surface area contributed by atoms with Crippen LogP contribution in [-0.4, -0.2) is 68.1 Å². The summed E-state index contributed by atoms with van der Waals surface area (Å²) in [5.41, 5.74) is -0.123. The van der Waals surface area contributed by atoms with Crippen molar-refractivity contribution in [2.24, 2.45) is 0 Å². The van der Waals surface area contributed by atoms with Gasteiger partial charge in [0.25, 0.3) is 11.8 Å². The molecular formula is C22H24ClFN4O3. The third kappa shape index (κ3) is 3.61. The molecule has 1 aliphatic carbocycles. The molecule has 5 rings (SSSR count). The normalized spacial score (nSPS) is 19.8. The van der Waals surface area contributed by atoms with Crippen LogP contribution in [0.5, 0.6) is 0 Å². The Balaban J connectivity index is 1.30. The number of imidazole rings is 1. The summed E-state index contributed by atoms with van der Waals surface area (Å²) in [5.74, 6) is -0.378. The summed E-state index contributed by atoms with van der Waals surface area (Å²) < 4.78 is 16.9. The molecule has 0 spiro atoms. The van der Waals surface area contributed by atoms with Gasteiger partial charge in [0.05, 0.1) is 5.56 Å². The third-order valence-corrected chi connectivity index (χ3v) is 6.85. The molecule has 0 atom stereocenters. The van der Waals surface area contributed by atoms with Crippen LogP contribution in [0.15, 0.2) is 18.2 Å². The molecule has 2 aliphatic heterocycles. The van der Waals surface area contributed by atoms with Gasteiger partial charge < -0.3 is 19.5 Å². The van der Waals surface area contributed by atoms with Gasteiger partial charge in [0, 0.05) is 44.7 Å². The number of amides is 2. The van der Waals surface area contributed by atoms with Crippen LogP contribution in [0.2, 0.25) is 5.15 Å². The molecule has 9 heteroatoms. The Morgan fingerprint density at radius 1 is 1.06 bits per heavy atom. The number of halogens is 2. The Hall–Kier alpha value is -2.45. The van der Waals surface area contributed by atoms with Crippen molar-refractivity contribution in [1.82, 2.24) is 19.4 Å². The van der Waals surface area contributed by atoms with Gasteiger partial charge >= 0.3 is 0 Å². The molecule has 1 aromatic carbocycles. The minimum absolute atomic E-state index is 0.00978. The van der Waals surface area contributed by atoms with Crippen molar-refractivity contribution < 1.29 is 19.1 Å². The van der Waals surface area contributed by atoms with Gasteiger partial charge in [-0.2, -0.15) is 0 Å². The van der Waals surface area contributed by atoms with Crippen LogP contribution in [0.25, 0.3) is 11.3 Å². The summed E-state index contributed by atoms with van der Waals surface area (Å²) in [5, 5.41) is 10.5. The first-order chi connectivity index (χ1) is 14.9. The van der Waals surface area contributed by atoms with Gasteiger partial charge in [-0.3, -0.25) is 9.59 Å². The smallest absolute Gasteiger partial charge is 0.256 e. The van der Waals surface area contributed by atoms with Crippen molar-refractivity contribution in [3.8, 4) is 11.3 Å². The number of aliphatic hydroxyl groups is 1. The number of piperazine rings is 1. The Labute approximate surface area is 184 Å². The van der Waals surface area contributed by atoms with Crippen molar-refractivity contribution in [3.05, 3.63) is 40.6 Å². The van der Waals surface area contributed by atoms with Crippen molar-refractivity contribution in [1.29, 1.82) is 0 Å². The van der Waals surface area contributed by atoms with Crippen LogP contribution in [0, 0.1) is 5.82 Å². The van der Waals surface area contributed by atoms with Gasteiger partial charge in [0.15, 0.2) is 0 Å². The monoisotopic (exact) mass is 446 g/mol. The van der Waals surface area contributed by atoms with E-state index in [1.165, 1.54) is 12.1 Å². The van der Waals surface area contributed by atoms with Gasteiger partial charge in [-0.1, -0.05) is 17.7 Å². The quantitative estimate of drug-likeness (QED) is 0.785. The highest BCUT2D eigenvalue weighted by atomic mass is 35.5. The van der Waals surface area contributed by atoms with Gasteiger partial charge in [-0.15, -0.1) is 0 Å². The standard InChI is InChI=1S/C22H24ClFN4O3/c23-19-18(25-17-3-1-2-8-28(17)19)14-4-5-15(16(24)13-14)20(29)26-9-11-27(12-10-26)21(30)22(31)6-7-22/h4-5,13,31H,1-3,6-12H2. The number of aryl methyl sites for hydroxylation is 1. The molecule has 2 amide bonds. The zero-order chi connectivity index (χ0) is 21.8. The number of nitrogens with zero attached hydrogens (tertiary/aromatic N) is 4. The van der Waals surface area contributed by atoms with Crippen LogP contribution < -0.4 is 0 Å². The molecule has 1 aromatic heterocycles. The molecule has 31 heavy (non-hydrogen) atoms. The SMILES string of the molecule is O=C(c1ccc(-c2nc3n(c2Cl)CCCC3)cc1F)N1CCN(C(=O)C2(O)CC2)CC1. The van der Waals surface area contributed by atoms with Gasteiger partial charge in [-0.25, -0.2) is 9.37 Å². The van der Waals surface area contributed by atoms with Crippen LogP contribution in [0.1, 0.15) is 41.9 Å². The lowest BCUT2D eigenvalue weighted by atomic mass is 10.1. The van der Waals surface area contributed by atoms with E-state index in [4.69, 9.17) is 11.6 Å². The molecule has 1 saturated carbocycles. The first-order valence-corrected chi connectivity index (χ1v) is 11.1. The minimum atomic E-state index is -1.21. The van der Waals surface area contributed by atoms with Crippen LogP contribution in [0.4, 0.5) is 4.39 Å². The second kappa shape index (κ2) is 7.60. The summed E-state index contributed by atoms with van der Waals surface area (Å²) >= 11 is 6.48. The average Bonchev–Trinajstić information content (AvgIpc) is 3.46. The van der Waals surface area contributed by atoms with E-state index in [2.05, 4.69) is 4.98 Å². The maximum Gasteiger partial charge on any atom is 0.256 e. The van der Waals surface area contributed by atoms with E-state index < -0.39 is 17.3 Å². The van der Waals surface area contributed by atoms with Crippen molar-refractivity contribution in [2.75, 3.05) is 26.2 Å². The Morgan fingerprint density at radius 3 is 2.42 bits per heavy atom. The molecule has 0 bridgehead atoms. The fourth-order valence-corrected chi connectivity index (χ4v) is 4.71. The van der Waals surface area contributed by atoms with E-state index >= 15 is 0 Å². The second-order valence-electron chi connectivity index (χ2n) is 8.59. The summed E-state index contributed by atoms with van der Waals surface area (Å²) in [6.45, 7) is 2.10. The predicted molar refractivity (Wildman–Crippen MR) is 112 cm³/mol. The van der Waals surface area contributed by atoms with E-state index in [9.17, 15) is 19.1 Å². The highest BCUT2D eigenvalue weighted by Gasteiger charge is 2.50. The van der Waals surface area contributed by atoms with E-state index in [0.717, 1.165) is 31.6 Å². The number of aromatic nitrogens is 2. The summed E-state index contributed by atoms with van der Waals surface area (Å²) in [6.07, 6.45) is 3.94. The fraction of sp³-hybridized carbons (Fsp3) is 0.500. The number of carbonyl (C=O) groups excluding carboxylic acids is 2. The lowest BCUT2D eigenvalue weighted by Gasteiger charge is -2.35. The lowest BCUT2D eigenvalue weighted by molar-refractivity contribution is -0.143. The Bertz CT molecular complexity index is 1060. The van der Waals surface area contributed by atoms with E-state index in [1.54, 1.807) is 15.9 Å².